The van der Waals surface area contributed by atoms with E-state index in [-0.39, 0.29) is 0 Å². The summed E-state index contributed by atoms with van der Waals surface area (Å²) in [5.74, 6) is 0.735. The molecule has 3 heterocycles. The fourth-order valence-electron chi connectivity index (χ4n) is 2.51. The zero-order valence-corrected chi connectivity index (χ0v) is 12.2. The highest BCUT2D eigenvalue weighted by atomic mass is 32.1. The van der Waals surface area contributed by atoms with E-state index in [4.69, 9.17) is 4.74 Å². The first-order chi connectivity index (χ1) is 9.25. The molecule has 0 bridgehead atoms. The second-order valence-corrected chi connectivity index (χ2v) is 6.30. The highest BCUT2D eigenvalue weighted by molar-refractivity contribution is 7.18. The van der Waals surface area contributed by atoms with Gasteiger partial charge in [0.25, 0.3) is 0 Å². The van der Waals surface area contributed by atoms with E-state index in [0.717, 1.165) is 22.6 Å². The number of rotatable bonds is 3. The van der Waals surface area contributed by atoms with Gasteiger partial charge in [-0.1, -0.05) is 6.42 Å². The molecule has 2 aromatic heterocycles. The van der Waals surface area contributed by atoms with Gasteiger partial charge in [-0.2, -0.15) is 0 Å². The lowest BCUT2D eigenvalue weighted by Crippen LogP contribution is -2.38. The minimum Gasteiger partial charge on any atom is -0.475 e. The second kappa shape index (κ2) is 5.43. The third-order valence-electron chi connectivity index (χ3n) is 3.76. The Morgan fingerprint density at radius 1 is 1.37 bits per heavy atom. The van der Waals surface area contributed by atoms with Gasteiger partial charge in [-0.25, -0.2) is 9.97 Å². The molecule has 3 rings (SSSR count). The molecule has 0 amide bonds. The molecule has 5 heteroatoms. The Hall–Kier alpha value is -1.20. The van der Waals surface area contributed by atoms with Crippen molar-refractivity contribution in [2.75, 3.05) is 13.2 Å². The van der Waals surface area contributed by atoms with Crippen LogP contribution >= 0.6 is 11.3 Å². The number of aromatic nitrogens is 2. The quantitative estimate of drug-likeness (QED) is 0.937. The Bertz CT molecular complexity index is 575. The first-order valence-electron chi connectivity index (χ1n) is 6.82. The van der Waals surface area contributed by atoms with Gasteiger partial charge in [-0.3, -0.25) is 0 Å². The molecule has 0 aromatic carbocycles. The van der Waals surface area contributed by atoms with Crippen LogP contribution in [-0.4, -0.2) is 29.2 Å². The van der Waals surface area contributed by atoms with Crippen LogP contribution in [0.25, 0.3) is 10.2 Å². The fourth-order valence-corrected chi connectivity index (χ4v) is 3.49. The minimum absolute atomic E-state index is 0.457. The number of piperidine rings is 1. The van der Waals surface area contributed by atoms with E-state index < -0.39 is 0 Å². The van der Waals surface area contributed by atoms with Crippen LogP contribution in [0.15, 0.2) is 6.33 Å². The van der Waals surface area contributed by atoms with Crippen LogP contribution in [0.1, 0.15) is 29.7 Å². The predicted octanol–water partition coefficient (Wildman–Crippen LogP) is 2.83. The lowest BCUT2D eigenvalue weighted by Gasteiger charge is -2.23. The molecule has 102 valence electrons. The second-order valence-electron chi connectivity index (χ2n) is 5.10. The predicted molar refractivity (Wildman–Crippen MR) is 78.0 cm³/mol. The Balaban J connectivity index is 1.80. The average Bonchev–Trinajstić information content (AvgIpc) is 2.74. The van der Waals surface area contributed by atoms with Crippen molar-refractivity contribution in [3.8, 4) is 5.88 Å². The van der Waals surface area contributed by atoms with Gasteiger partial charge in [0, 0.05) is 10.9 Å². The van der Waals surface area contributed by atoms with Gasteiger partial charge in [-0.05, 0) is 38.8 Å². The lowest BCUT2D eigenvalue weighted by molar-refractivity contribution is 0.234. The first-order valence-corrected chi connectivity index (χ1v) is 7.64. The third-order valence-corrected chi connectivity index (χ3v) is 4.88. The van der Waals surface area contributed by atoms with Crippen LogP contribution in [0.2, 0.25) is 0 Å². The maximum Gasteiger partial charge on any atom is 0.225 e. The summed E-state index contributed by atoms with van der Waals surface area (Å²) in [6, 6.07) is 0.457. The van der Waals surface area contributed by atoms with Crippen molar-refractivity contribution in [3.63, 3.8) is 0 Å². The highest BCUT2D eigenvalue weighted by Gasteiger charge is 2.16. The van der Waals surface area contributed by atoms with Crippen LogP contribution in [0.4, 0.5) is 0 Å². The summed E-state index contributed by atoms with van der Waals surface area (Å²) in [6.07, 6.45) is 5.35. The van der Waals surface area contributed by atoms with E-state index in [1.807, 2.05) is 0 Å². The molecule has 1 aliphatic rings. The van der Waals surface area contributed by atoms with Gasteiger partial charge in [0.1, 0.15) is 17.8 Å². The Morgan fingerprint density at radius 3 is 3.05 bits per heavy atom. The maximum atomic E-state index is 5.95. The molecule has 0 aliphatic carbocycles. The number of nitrogens with one attached hydrogen (secondary N) is 1. The van der Waals surface area contributed by atoms with Gasteiger partial charge in [0.15, 0.2) is 0 Å². The zero-order valence-electron chi connectivity index (χ0n) is 11.4. The zero-order chi connectivity index (χ0) is 13.2. The van der Waals surface area contributed by atoms with Crippen molar-refractivity contribution in [3.05, 3.63) is 16.8 Å². The van der Waals surface area contributed by atoms with E-state index in [9.17, 15) is 0 Å². The smallest absolute Gasteiger partial charge is 0.225 e. The summed E-state index contributed by atoms with van der Waals surface area (Å²) in [6.45, 7) is 6.03. The van der Waals surface area contributed by atoms with Crippen molar-refractivity contribution in [2.45, 2.75) is 39.2 Å². The van der Waals surface area contributed by atoms with Crippen LogP contribution < -0.4 is 10.1 Å². The third kappa shape index (κ3) is 2.58. The molecule has 1 fully saturated rings. The number of thiophene rings is 1. The number of ether oxygens (including phenoxy) is 1. The molecule has 0 radical (unpaired) electrons. The number of aryl methyl sites for hydroxylation is 2. The van der Waals surface area contributed by atoms with Gasteiger partial charge in [0.2, 0.25) is 5.88 Å². The van der Waals surface area contributed by atoms with Gasteiger partial charge in [-0.15, -0.1) is 11.3 Å². The van der Waals surface area contributed by atoms with E-state index >= 15 is 0 Å². The maximum absolute atomic E-state index is 5.95. The lowest BCUT2D eigenvalue weighted by atomic mass is 10.1. The number of hydrogen-bond donors (Lipinski definition) is 1. The summed E-state index contributed by atoms with van der Waals surface area (Å²) >= 11 is 1.71. The standard InChI is InChI=1S/C14H19N3OS/c1-9-10(2)19-14-12(9)13(16-8-17-14)18-7-11-5-3-4-6-15-11/h8,11,15H,3-7H2,1-2H3. The number of nitrogens with zero attached hydrogens (tertiary/aromatic N) is 2. The summed E-state index contributed by atoms with van der Waals surface area (Å²) in [5.41, 5.74) is 1.24. The van der Waals surface area contributed by atoms with Crippen molar-refractivity contribution < 1.29 is 4.74 Å². The van der Waals surface area contributed by atoms with E-state index in [1.165, 1.54) is 29.7 Å². The minimum atomic E-state index is 0.457. The van der Waals surface area contributed by atoms with Crippen LogP contribution in [-0.2, 0) is 0 Å². The van der Waals surface area contributed by atoms with Crippen LogP contribution in [0.3, 0.4) is 0 Å². The molecule has 1 saturated heterocycles. The topological polar surface area (TPSA) is 47.0 Å². The summed E-state index contributed by atoms with van der Waals surface area (Å²) in [7, 11) is 0. The van der Waals surface area contributed by atoms with Gasteiger partial charge < -0.3 is 10.1 Å². The fraction of sp³-hybridized carbons (Fsp3) is 0.571. The molecule has 1 N–H and O–H groups in total. The molecule has 0 spiro atoms. The molecule has 1 aliphatic heterocycles. The average molecular weight is 277 g/mol. The molecule has 0 saturated carbocycles. The largest absolute Gasteiger partial charge is 0.475 e. The first kappa shape index (κ1) is 12.8. The number of hydrogen-bond acceptors (Lipinski definition) is 5. The summed E-state index contributed by atoms with van der Waals surface area (Å²) in [4.78, 5) is 11.0. The molecule has 4 nitrogen and oxygen atoms in total. The molecule has 2 aromatic rings. The van der Waals surface area contributed by atoms with E-state index in [0.29, 0.717) is 12.6 Å². The van der Waals surface area contributed by atoms with Crippen LogP contribution in [0, 0.1) is 13.8 Å². The molecular weight excluding hydrogens is 258 g/mol. The Kier molecular flexibility index (Phi) is 3.66. The normalized spacial score (nSPS) is 19.8. The number of fused-ring (bicyclic) bond motifs is 1. The Labute approximate surface area is 117 Å². The molecular formula is C14H19N3OS. The van der Waals surface area contributed by atoms with Gasteiger partial charge >= 0.3 is 0 Å². The van der Waals surface area contributed by atoms with E-state index in [2.05, 4.69) is 29.1 Å². The molecule has 19 heavy (non-hydrogen) atoms. The monoisotopic (exact) mass is 277 g/mol. The summed E-state index contributed by atoms with van der Waals surface area (Å²) < 4.78 is 5.95. The SMILES string of the molecule is Cc1sc2ncnc(OCC3CCCCN3)c2c1C. The molecule has 1 unspecified atom stereocenters. The van der Waals surface area contributed by atoms with E-state index in [1.54, 1.807) is 17.7 Å². The van der Waals surface area contributed by atoms with Crippen molar-refractivity contribution in [2.24, 2.45) is 0 Å². The summed E-state index contributed by atoms with van der Waals surface area (Å²) in [5, 5.41) is 4.58. The highest BCUT2D eigenvalue weighted by Crippen LogP contribution is 2.33. The van der Waals surface area contributed by atoms with Crippen LogP contribution in [0.5, 0.6) is 5.88 Å². The Morgan fingerprint density at radius 2 is 2.26 bits per heavy atom. The van der Waals surface area contributed by atoms with Crippen molar-refractivity contribution in [1.82, 2.24) is 15.3 Å². The van der Waals surface area contributed by atoms with Crippen molar-refractivity contribution >= 4 is 21.6 Å². The molecule has 1 atom stereocenters. The van der Waals surface area contributed by atoms with Crippen molar-refractivity contribution in [1.29, 1.82) is 0 Å². The van der Waals surface area contributed by atoms with Gasteiger partial charge in [0.05, 0.1) is 5.39 Å².